The van der Waals surface area contributed by atoms with Gasteiger partial charge in [0.05, 0.1) is 0 Å². The third-order valence-electron chi connectivity index (χ3n) is 3.86. The number of pyridine rings is 1. The van der Waals surface area contributed by atoms with Crippen LogP contribution in [0.25, 0.3) is 0 Å². The summed E-state index contributed by atoms with van der Waals surface area (Å²) in [5.74, 6) is 0. The molecule has 2 atom stereocenters. The molecule has 0 aliphatic carbocycles. The molecule has 0 aliphatic rings. The molecule has 2 aromatic rings. The minimum Gasteiger partial charge on any atom is -0.303 e. The van der Waals surface area contributed by atoms with Gasteiger partial charge in [-0.15, -0.1) is 0 Å². The summed E-state index contributed by atoms with van der Waals surface area (Å²) < 4.78 is 0. The number of hydrogen-bond acceptors (Lipinski definition) is 2. The lowest BCUT2D eigenvalue weighted by Crippen LogP contribution is -2.24. The Balaban J connectivity index is 2.08. The predicted octanol–water partition coefficient (Wildman–Crippen LogP) is 4.45. The van der Waals surface area contributed by atoms with E-state index >= 15 is 0 Å². The Bertz CT molecular complexity index is 505. The number of aromatic nitrogens is 1. The second kappa shape index (κ2) is 7.20. The van der Waals surface area contributed by atoms with Crippen LogP contribution in [0.1, 0.15) is 56.0 Å². The number of benzene rings is 1. The molecule has 0 fully saturated rings. The Morgan fingerprint density at radius 2 is 1.60 bits per heavy atom. The molecule has 1 aromatic heterocycles. The van der Waals surface area contributed by atoms with Crippen molar-refractivity contribution in [2.45, 2.75) is 45.7 Å². The molecule has 0 aliphatic heterocycles. The first-order valence-corrected chi connectivity index (χ1v) is 7.49. The fourth-order valence-electron chi connectivity index (χ4n) is 2.49. The largest absolute Gasteiger partial charge is 0.303 e. The van der Waals surface area contributed by atoms with E-state index in [-0.39, 0.29) is 0 Å². The zero-order chi connectivity index (χ0) is 14.4. The van der Waals surface area contributed by atoms with Crippen molar-refractivity contribution in [3.05, 3.63) is 65.5 Å². The highest BCUT2D eigenvalue weighted by Gasteiger charge is 2.13. The second-order valence-electron chi connectivity index (χ2n) is 5.22. The maximum atomic E-state index is 4.08. The highest BCUT2D eigenvalue weighted by molar-refractivity contribution is 5.25. The summed E-state index contributed by atoms with van der Waals surface area (Å²) in [7, 11) is 0. The summed E-state index contributed by atoms with van der Waals surface area (Å²) in [6, 6.07) is 13.8. The lowest BCUT2D eigenvalue weighted by atomic mass is 10.00. The van der Waals surface area contributed by atoms with Gasteiger partial charge >= 0.3 is 0 Å². The average Bonchev–Trinajstić information content (AvgIpc) is 2.53. The lowest BCUT2D eigenvalue weighted by molar-refractivity contribution is 0.456. The number of nitrogens with one attached hydrogen (secondary N) is 1. The minimum atomic E-state index is 0.328. The normalized spacial score (nSPS) is 13.9. The SMILES string of the molecule is CCc1ccc(C(CC)NC(C)c2ccncc2)cc1. The molecule has 2 rings (SSSR count). The molecule has 0 bridgehead atoms. The van der Waals surface area contributed by atoms with Gasteiger partial charge in [0.2, 0.25) is 0 Å². The van der Waals surface area contributed by atoms with Crippen LogP contribution in [0.3, 0.4) is 0 Å². The zero-order valence-corrected chi connectivity index (χ0v) is 12.6. The van der Waals surface area contributed by atoms with Crippen molar-refractivity contribution in [2.75, 3.05) is 0 Å². The highest BCUT2D eigenvalue weighted by Crippen LogP contribution is 2.22. The van der Waals surface area contributed by atoms with Gasteiger partial charge in [0.15, 0.2) is 0 Å². The third-order valence-corrected chi connectivity index (χ3v) is 3.86. The Hall–Kier alpha value is -1.67. The van der Waals surface area contributed by atoms with Crippen molar-refractivity contribution < 1.29 is 0 Å². The molecule has 1 aromatic carbocycles. The van der Waals surface area contributed by atoms with E-state index in [2.05, 4.69) is 67.5 Å². The van der Waals surface area contributed by atoms with Crippen molar-refractivity contribution in [1.82, 2.24) is 10.3 Å². The maximum absolute atomic E-state index is 4.08. The molecular weight excluding hydrogens is 244 g/mol. The Labute approximate surface area is 122 Å². The van der Waals surface area contributed by atoms with E-state index in [9.17, 15) is 0 Å². The van der Waals surface area contributed by atoms with E-state index in [0.29, 0.717) is 12.1 Å². The van der Waals surface area contributed by atoms with Crippen LogP contribution in [0, 0.1) is 0 Å². The molecule has 1 N–H and O–H groups in total. The minimum absolute atomic E-state index is 0.328. The summed E-state index contributed by atoms with van der Waals surface area (Å²) in [5, 5.41) is 3.71. The molecule has 0 spiro atoms. The van der Waals surface area contributed by atoms with Gasteiger partial charge in [0.1, 0.15) is 0 Å². The number of hydrogen-bond donors (Lipinski definition) is 1. The first-order valence-electron chi connectivity index (χ1n) is 7.49. The number of aryl methyl sites for hydroxylation is 1. The van der Waals surface area contributed by atoms with Crippen LogP contribution in [0.4, 0.5) is 0 Å². The van der Waals surface area contributed by atoms with Crippen molar-refractivity contribution in [2.24, 2.45) is 0 Å². The van der Waals surface area contributed by atoms with Gasteiger partial charge in [-0.3, -0.25) is 4.98 Å². The molecule has 2 nitrogen and oxygen atoms in total. The van der Waals surface area contributed by atoms with Crippen LogP contribution in [0.15, 0.2) is 48.8 Å². The standard InChI is InChI=1S/C18H24N2/c1-4-15-6-8-17(9-7-15)18(5-2)20-14(3)16-10-12-19-13-11-16/h6-14,18,20H,4-5H2,1-3H3. The lowest BCUT2D eigenvalue weighted by Gasteiger charge is -2.23. The highest BCUT2D eigenvalue weighted by atomic mass is 14.9. The Morgan fingerprint density at radius 3 is 2.15 bits per heavy atom. The van der Waals surface area contributed by atoms with E-state index in [0.717, 1.165) is 12.8 Å². The number of nitrogens with zero attached hydrogens (tertiary/aromatic N) is 1. The first kappa shape index (κ1) is 14.7. The molecule has 0 radical (unpaired) electrons. The van der Waals surface area contributed by atoms with E-state index < -0.39 is 0 Å². The van der Waals surface area contributed by atoms with Crippen LogP contribution in [0.2, 0.25) is 0 Å². The van der Waals surface area contributed by atoms with Gasteiger partial charge in [-0.25, -0.2) is 0 Å². The molecule has 2 unspecified atom stereocenters. The van der Waals surface area contributed by atoms with E-state index in [4.69, 9.17) is 0 Å². The summed E-state index contributed by atoms with van der Waals surface area (Å²) in [5.41, 5.74) is 4.04. The quantitative estimate of drug-likeness (QED) is 0.837. The second-order valence-corrected chi connectivity index (χ2v) is 5.22. The van der Waals surface area contributed by atoms with Gasteiger partial charge in [0.25, 0.3) is 0 Å². The van der Waals surface area contributed by atoms with E-state index in [1.54, 1.807) is 0 Å². The molecule has 20 heavy (non-hydrogen) atoms. The topological polar surface area (TPSA) is 24.9 Å². The number of rotatable bonds is 6. The monoisotopic (exact) mass is 268 g/mol. The van der Waals surface area contributed by atoms with Gasteiger partial charge in [-0.2, -0.15) is 0 Å². The smallest absolute Gasteiger partial charge is 0.0323 e. The van der Waals surface area contributed by atoms with Crippen LogP contribution in [-0.4, -0.2) is 4.98 Å². The summed E-state index contributed by atoms with van der Waals surface area (Å²) in [4.78, 5) is 4.08. The van der Waals surface area contributed by atoms with Crippen LogP contribution < -0.4 is 5.32 Å². The fraction of sp³-hybridized carbons (Fsp3) is 0.389. The Kier molecular flexibility index (Phi) is 5.31. The molecule has 2 heteroatoms. The van der Waals surface area contributed by atoms with Gasteiger partial charge in [-0.05, 0) is 48.6 Å². The van der Waals surface area contributed by atoms with E-state index in [1.165, 1.54) is 16.7 Å². The van der Waals surface area contributed by atoms with Crippen molar-refractivity contribution in [3.63, 3.8) is 0 Å². The van der Waals surface area contributed by atoms with Crippen molar-refractivity contribution in [3.8, 4) is 0 Å². The molecule has 1 heterocycles. The maximum Gasteiger partial charge on any atom is 0.0323 e. The predicted molar refractivity (Wildman–Crippen MR) is 84.6 cm³/mol. The fourth-order valence-corrected chi connectivity index (χ4v) is 2.49. The van der Waals surface area contributed by atoms with Gasteiger partial charge in [-0.1, -0.05) is 38.1 Å². The van der Waals surface area contributed by atoms with Crippen molar-refractivity contribution >= 4 is 0 Å². The molecule has 0 saturated heterocycles. The summed E-state index contributed by atoms with van der Waals surface area (Å²) in [6.07, 6.45) is 5.88. The zero-order valence-electron chi connectivity index (χ0n) is 12.6. The Morgan fingerprint density at radius 1 is 0.950 bits per heavy atom. The van der Waals surface area contributed by atoms with Crippen LogP contribution in [0.5, 0.6) is 0 Å². The van der Waals surface area contributed by atoms with Crippen LogP contribution in [-0.2, 0) is 6.42 Å². The van der Waals surface area contributed by atoms with Gasteiger partial charge in [0, 0.05) is 24.5 Å². The van der Waals surface area contributed by atoms with Crippen LogP contribution >= 0.6 is 0 Å². The van der Waals surface area contributed by atoms with E-state index in [1.807, 2.05) is 12.4 Å². The third kappa shape index (κ3) is 3.67. The first-order chi connectivity index (χ1) is 9.74. The molecule has 0 saturated carbocycles. The summed E-state index contributed by atoms with van der Waals surface area (Å²) in [6.45, 7) is 6.62. The van der Waals surface area contributed by atoms with Crippen molar-refractivity contribution in [1.29, 1.82) is 0 Å². The summed E-state index contributed by atoms with van der Waals surface area (Å²) >= 11 is 0. The van der Waals surface area contributed by atoms with Gasteiger partial charge < -0.3 is 5.32 Å². The molecular formula is C18H24N2. The molecule has 106 valence electrons. The molecule has 0 amide bonds. The average molecular weight is 268 g/mol.